The van der Waals surface area contributed by atoms with Crippen LogP contribution < -0.4 is 5.32 Å². The molecule has 0 bridgehead atoms. The number of hydrogen-bond donors (Lipinski definition) is 1. The molecule has 1 aliphatic heterocycles. The highest BCUT2D eigenvalue weighted by Crippen LogP contribution is 2.09. The van der Waals surface area contributed by atoms with Gasteiger partial charge in [0.1, 0.15) is 0 Å². The van der Waals surface area contributed by atoms with Crippen molar-refractivity contribution in [2.45, 2.75) is 13.8 Å². The first-order valence-electron chi connectivity index (χ1n) is 4.78. The van der Waals surface area contributed by atoms with Crippen LogP contribution >= 0.6 is 0 Å². The minimum Gasteiger partial charge on any atom is -0.314 e. The average Bonchev–Trinajstić information content (AvgIpc) is 2.06. The van der Waals surface area contributed by atoms with E-state index in [2.05, 4.69) is 30.6 Å². The summed E-state index contributed by atoms with van der Waals surface area (Å²) < 4.78 is 0. The molecule has 1 unspecified atom stereocenters. The number of hydrogen-bond acceptors (Lipinski definition) is 2. The second-order valence-corrected chi connectivity index (χ2v) is 3.80. The predicted octanol–water partition coefficient (Wildman–Crippen LogP) is 1.10. The SMILES string of the molecule is C=C(C)C(C)CN1CCNCC1. The lowest BCUT2D eigenvalue weighted by atomic mass is 10.0. The van der Waals surface area contributed by atoms with E-state index in [4.69, 9.17) is 0 Å². The summed E-state index contributed by atoms with van der Waals surface area (Å²) in [6.07, 6.45) is 0. The van der Waals surface area contributed by atoms with Crippen LogP contribution in [0.15, 0.2) is 12.2 Å². The van der Waals surface area contributed by atoms with Crippen LogP contribution in [0, 0.1) is 5.92 Å². The minimum absolute atomic E-state index is 0.642. The number of nitrogens with zero attached hydrogens (tertiary/aromatic N) is 1. The van der Waals surface area contributed by atoms with Crippen LogP contribution in [0.25, 0.3) is 0 Å². The van der Waals surface area contributed by atoms with Gasteiger partial charge >= 0.3 is 0 Å². The number of piperazine rings is 1. The Labute approximate surface area is 75.6 Å². The smallest absolute Gasteiger partial charge is 0.0108 e. The van der Waals surface area contributed by atoms with Crippen molar-refractivity contribution in [3.05, 3.63) is 12.2 Å². The third kappa shape index (κ3) is 2.95. The molecule has 2 nitrogen and oxygen atoms in total. The van der Waals surface area contributed by atoms with Crippen molar-refractivity contribution in [1.82, 2.24) is 10.2 Å². The molecule has 1 aliphatic rings. The molecule has 1 atom stereocenters. The molecule has 0 saturated carbocycles. The molecule has 70 valence electrons. The molecule has 0 radical (unpaired) electrons. The second kappa shape index (κ2) is 4.63. The third-order valence-electron chi connectivity index (χ3n) is 2.58. The molecule has 1 heterocycles. The molecule has 0 spiro atoms. The zero-order chi connectivity index (χ0) is 8.97. The van der Waals surface area contributed by atoms with Crippen LogP contribution in [-0.4, -0.2) is 37.6 Å². The lowest BCUT2D eigenvalue weighted by molar-refractivity contribution is 0.221. The third-order valence-corrected chi connectivity index (χ3v) is 2.58. The van der Waals surface area contributed by atoms with E-state index in [9.17, 15) is 0 Å². The fourth-order valence-corrected chi connectivity index (χ4v) is 1.44. The maximum Gasteiger partial charge on any atom is 0.0108 e. The molecular weight excluding hydrogens is 148 g/mol. The van der Waals surface area contributed by atoms with Crippen molar-refractivity contribution < 1.29 is 0 Å². The summed E-state index contributed by atoms with van der Waals surface area (Å²) in [4.78, 5) is 2.51. The van der Waals surface area contributed by atoms with Gasteiger partial charge in [0.05, 0.1) is 0 Å². The Balaban J connectivity index is 2.24. The van der Waals surface area contributed by atoms with Gasteiger partial charge in [-0.2, -0.15) is 0 Å². The molecule has 0 aromatic heterocycles. The molecule has 0 amide bonds. The summed E-state index contributed by atoms with van der Waals surface area (Å²) in [5.41, 5.74) is 1.30. The van der Waals surface area contributed by atoms with E-state index in [0.29, 0.717) is 5.92 Å². The quantitative estimate of drug-likeness (QED) is 0.635. The van der Waals surface area contributed by atoms with Gasteiger partial charge in [0.15, 0.2) is 0 Å². The second-order valence-electron chi connectivity index (χ2n) is 3.80. The van der Waals surface area contributed by atoms with Crippen molar-refractivity contribution in [3.63, 3.8) is 0 Å². The normalized spacial score (nSPS) is 22.2. The van der Waals surface area contributed by atoms with Crippen molar-refractivity contribution in [3.8, 4) is 0 Å². The number of rotatable bonds is 3. The minimum atomic E-state index is 0.642. The predicted molar refractivity (Wildman–Crippen MR) is 53.3 cm³/mol. The Kier molecular flexibility index (Phi) is 3.76. The molecule has 1 rings (SSSR count). The fourth-order valence-electron chi connectivity index (χ4n) is 1.44. The standard InChI is InChI=1S/C10H20N2/c1-9(2)10(3)8-12-6-4-11-5-7-12/h10-11H,1,4-8H2,2-3H3. The van der Waals surface area contributed by atoms with Gasteiger partial charge in [-0.15, -0.1) is 0 Å². The fraction of sp³-hybridized carbons (Fsp3) is 0.800. The molecule has 0 aromatic rings. The summed E-state index contributed by atoms with van der Waals surface area (Å²) >= 11 is 0. The Morgan fingerprint density at radius 1 is 1.50 bits per heavy atom. The highest BCUT2D eigenvalue weighted by Gasteiger charge is 2.12. The summed E-state index contributed by atoms with van der Waals surface area (Å²) in [5, 5.41) is 3.35. The number of nitrogens with one attached hydrogen (secondary N) is 1. The maximum atomic E-state index is 3.98. The first-order valence-corrected chi connectivity index (χ1v) is 4.78. The van der Waals surface area contributed by atoms with E-state index in [0.717, 1.165) is 13.1 Å². The molecule has 0 aliphatic carbocycles. The Bertz CT molecular complexity index is 148. The highest BCUT2D eigenvalue weighted by molar-refractivity contribution is 4.95. The van der Waals surface area contributed by atoms with Crippen LogP contribution in [0.1, 0.15) is 13.8 Å². The first kappa shape index (κ1) is 9.75. The maximum absolute atomic E-state index is 3.98. The van der Waals surface area contributed by atoms with Crippen molar-refractivity contribution >= 4 is 0 Å². The van der Waals surface area contributed by atoms with Crippen molar-refractivity contribution in [1.29, 1.82) is 0 Å². The average molecular weight is 168 g/mol. The van der Waals surface area contributed by atoms with Crippen molar-refractivity contribution in [2.24, 2.45) is 5.92 Å². The van der Waals surface area contributed by atoms with Gasteiger partial charge in [0, 0.05) is 32.7 Å². The van der Waals surface area contributed by atoms with E-state index >= 15 is 0 Å². The van der Waals surface area contributed by atoms with Gasteiger partial charge < -0.3 is 10.2 Å². The van der Waals surface area contributed by atoms with E-state index in [-0.39, 0.29) is 0 Å². The first-order chi connectivity index (χ1) is 5.70. The summed E-state index contributed by atoms with van der Waals surface area (Å²) in [6.45, 7) is 14.2. The van der Waals surface area contributed by atoms with E-state index in [1.165, 1.54) is 25.2 Å². The molecule has 12 heavy (non-hydrogen) atoms. The van der Waals surface area contributed by atoms with E-state index in [1.807, 2.05) is 0 Å². The summed E-state index contributed by atoms with van der Waals surface area (Å²) in [6, 6.07) is 0. The molecular formula is C10H20N2. The Hall–Kier alpha value is -0.340. The Morgan fingerprint density at radius 2 is 2.08 bits per heavy atom. The van der Waals surface area contributed by atoms with Crippen LogP contribution in [0.5, 0.6) is 0 Å². The molecule has 0 aromatic carbocycles. The zero-order valence-electron chi connectivity index (χ0n) is 8.27. The van der Waals surface area contributed by atoms with E-state index < -0.39 is 0 Å². The molecule has 2 heteroatoms. The largest absolute Gasteiger partial charge is 0.314 e. The molecule has 1 saturated heterocycles. The topological polar surface area (TPSA) is 15.3 Å². The van der Waals surface area contributed by atoms with Gasteiger partial charge in [-0.1, -0.05) is 19.1 Å². The highest BCUT2D eigenvalue weighted by atomic mass is 15.2. The van der Waals surface area contributed by atoms with Gasteiger partial charge in [0.2, 0.25) is 0 Å². The molecule has 1 N–H and O–H groups in total. The van der Waals surface area contributed by atoms with Crippen LogP contribution in [0.3, 0.4) is 0 Å². The lowest BCUT2D eigenvalue weighted by Gasteiger charge is -2.29. The van der Waals surface area contributed by atoms with Gasteiger partial charge in [-0.3, -0.25) is 0 Å². The van der Waals surface area contributed by atoms with Gasteiger partial charge in [-0.25, -0.2) is 0 Å². The van der Waals surface area contributed by atoms with Gasteiger partial charge in [0.25, 0.3) is 0 Å². The van der Waals surface area contributed by atoms with E-state index in [1.54, 1.807) is 0 Å². The zero-order valence-corrected chi connectivity index (χ0v) is 8.27. The van der Waals surface area contributed by atoms with Gasteiger partial charge in [-0.05, 0) is 12.8 Å². The van der Waals surface area contributed by atoms with Crippen LogP contribution in [-0.2, 0) is 0 Å². The van der Waals surface area contributed by atoms with Crippen LogP contribution in [0.2, 0.25) is 0 Å². The summed E-state index contributed by atoms with van der Waals surface area (Å²) in [5.74, 6) is 0.642. The lowest BCUT2D eigenvalue weighted by Crippen LogP contribution is -2.45. The Morgan fingerprint density at radius 3 is 2.58 bits per heavy atom. The summed E-state index contributed by atoms with van der Waals surface area (Å²) in [7, 11) is 0. The van der Waals surface area contributed by atoms with Crippen LogP contribution in [0.4, 0.5) is 0 Å². The molecule has 1 fully saturated rings. The monoisotopic (exact) mass is 168 g/mol. The van der Waals surface area contributed by atoms with Crippen molar-refractivity contribution in [2.75, 3.05) is 32.7 Å².